The van der Waals surface area contributed by atoms with Gasteiger partial charge in [0.2, 0.25) is 5.91 Å². The van der Waals surface area contributed by atoms with Crippen molar-refractivity contribution in [2.75, 3.05) is 16.8 Å². The average molecular weight is 481 g/mol. The molecule has 0 N–H and O–H groups in total. The standard InChI is InChI=1S/C23H27F3N4O2.2CH4/c1-11(2)30-21-12(3)27-19(28-22(21)29(5)13(4)23(30)31)8-14-6-15(7-14)32-16-9-17(24)20(26)18(25)10-16;;/h9-11,13-15H,6-8H2,1-5H3;2*1H4/t13-,14?,15?;;/m0../s1. The molecule has 2 aromatic rings. The maximum atomic E-state index is 13.4. The molecule has 0 bridgehead atoms. The smallest absolute Gasteiger partial charge is 0.249 e. The van der Waals surface area contributed by atoms with Gasteiger partial charge in [0.25, 0.3) is 0 Å². The molecular formula is C25H35F3N4O2. The van der Waals surface area contributed by atoms with Gasteiger partial charge in [-0.1, -0.05) is 14.9 Å². The van der Waals surface area contributed by atoms with Crippen LogP contribution >= 0.6 is 0 Å². The number of carbonyl (C=O) groups is 1. The zero-order chi connectivity index (χ0) is 23.3. The third-order valence-electron chi connectivity index (χ3n) is 6.28. The highest BCUT2D eigenvalue weighted by molar-refractivity contribution is 6.05. The van der Waals surface area contributed by atoms with Crippen LogP contribution in [0.4, 0.5) is 24.7 Å². The molecule has 1 aromatic carbocycles. The molecule has 0 saturated heterocycles. The fourth-order valence-electron chi connectivity index (χ4n) is 4.39. The quantitative estimate of drug-likeness (QED) is 0.533. The molecule has 0 spiro atoms. The number of hydrogen-bond donors (Lipinski definition) is 0. The Kier molecular flexibility index (Phi) is 8.22. The van der Waals surface area contributed by atoms with E-state index < -0.39 is 17.5 Å². The highest BCUT2D eigenvalue weighted by atomic mass is 19.2. The summed E-state index contributed by atoms with van der Waals surface area (Å²) in [6, 6.07) is 1.40. The predicted molar refractivity (Wildman–Crippen MR) is 128 cm³/mol. The molecule has 1 amide bonds. The number of rotatable bonds is 5. The minimum Gasteiger partial charge on any atom is -0.490 e. The van der Waals surface area contributed by atoms with Crippen molar-refractivity contribution < 1.29 is 22.7 Å². The van der Waals surface area contributed by atoms with Crippen LogP contribution in [0, 0.1) is 30.3 Å². The summed E-state index contributed by atoms with van der Waals surface area (Å²) in [5.41, 5.74) is 1.51. The number of aromatic nitrogens is 2. The fourth-order valence-corrected chi connectivity index (χ4v) is 4.39. The van der Waals surface area contributed by atoms with Crippen LogP contribution in [0.5, 0.6) is 5.75 Å². The van der Waals surface area contributed by atoms with Crippen LogP contribution in [-0.4, -0.2) is 41.1 Å². The van der Waals surface area contributed by atoms with E-state index in [1.54, 1.807) is 4.90 Å². The lowest BCUT2D eigenvalue weighted by molar-refractivity contribution is -0.120. The molecule has 9 heteroatoms. The van der Waals surface area contributed by atoms with E-state index in [1.165, 1.54) is 0 Å². The predicted octanol–water partition coefficient (Wildman–Crippen LogP) is 5.45. The molecule has 1 atom stereocenters. The number of nitrogens with zero attached hydrogens (tertiary/aromatic N) is 4. The van der Waals surface area contributed by atoms with Crippen LogP contribution in [0.1, 0.15) is 60.0 Å². The van der Waals surface area contributed by atoms with Crippen molar-refractivity contribution in [1.29, 1.82) is 0 Å². The van der Waals surface area contributed by atoms with Crippen molar-refractivity contribution in [2.45, 2.75) is 80.0 Å². The van der Waals surface area contributed by atoms with Gasteiger partial charge < -0.3 is 14.5 Å². The highest BCUT2D eigenvalue weighted by Gasteiger charge is 2.38. The van der Waals surface area contributed by atoms with Gasteiger partial charge in [-0.15, -0.1) is 0 Å². The largest absolute Gasteiger partial charge is 0.490 e. The number of aryl methyl sites for hydroxylation is 1. The normalized spacial score (nSPS) is 21.4. The van der Waals surface area contributed by atoms with Crippen LogP contribution in [-0.2, 0) is 11.2 Å². The van der Waals surface area contributed by atoms with Gasteiger partial charge in [0.1, 0.15) is 23.3 Å². The van der Waals surface area contributed by atoms with Gasteiger partial charge in [-0.05, 0) is 46.5 Å². The summed E-state index contributed by atoms with van der Waals surface area (Å²) in [5.74, 6) is -2.30. The van der Waals surface area contributed by atoms with Crippen LogP contribution in [0.25, 0.3) is 0 Å². The molecule has 1 fully saturated rings. The Morgan fingerprint density at radius 1 is 1.12 bits per heavy atom. The molecule has 1 saturated carbocycles. The molecule has 188 valence electrons. The van der Waals surface area contributed by atoms with Gasteiger partial charge in [-0.3, -0.25) is 4.79 Å². The van der Waals surface area contributed by atoms with Crippen molar-refractivity contribution in [3.05, 3.63) is 41.1 Å². The number of benzene rings is 1. The van der Waals surface area contributed by atoms with Gasteiger partial charge in [-0.25, -0.2) is 23.1 Å². The summed E-state index contributed by atoms with van der Waals surface area (Å²) < 4.78 is 45.4. The van der Waals surface area contributed by atoms with Crippen LogP contribution < -0.4 is 14.5 Å². The van der Waals surface area contributed by atoms with Gasteiger partial charge >= 0.3 is 0 Å². The molecule has 1 aliphatic heterocycles. The molecular weight excluding hydrogens is 445 g/mol. The first-order chi connectivity index (χ1) is 15.1. The van der Waals surface area contributed by atoms with E-state index in [1.807, 2.05) is 39.6 Å². The van der Waals surface area contributed by atoms with E-state index >= 15 is 0 Å². The summed E-state index contributed by atoms with van der Waals surface area (Å²) in [5, 5.41) is 0. The molecule has 0 radical (unpaired) electrons. The van der Waals surface area contributed by atoms with Gasteiger partial charge in [0.15, 0.2) is 23.3 Å². The van der Waals surface area contributed by atoms with E-state index in [0.29, 0.717) is 25.1 Å². The summed E-state index contributed by atoms with van der Waals surface area (Å²) in [6.07, 6.45) is 1.81. The SMILES string of the molecule is C.C.Cc1nc(CC2CC(Oc3cc(F)c(F)c(F)c3)C2)nc2c1N(C(C)C)C(=O)[C@H](C)N2C. The van der Waals surface area contributed by atoms with Crippen molar-refractivity contribution >= 4 is 17.4 Å². The number of amides is 1. The lowest BCUT2D eigenvalue weighted by atomic mass is 9.80. The van der Waals surface area contributed by atoms with E-state index in [0.717, 1.165) is 29.3 Å². The van der Waals surface area contributed by atoms with Crippen molar-refractivity contribution in [1.82, 2.24) is 9.97 Å². The molecule has 2 heterocycles. The number of ether oxygens (including phenoxy) is 1. The van der Waals surface area contributed by atoms with Gasteiger partial charge in [-0.2, -0.15) is 0 Å². The lowest BCUT2D eigenvalue weighted by Gasteiger charge is -2.41. The molecule has 1 aliphatic carbocycles. The maximum absolute atomic E-state index is 13.4. The second-order valence-corrected chi connectivity index (χ2v) is 8.97. The van der Waals surface area contributed by atoms with Crippen LogP contribution in [0.3, 0.4) is 0 Å². The van der Waals surface area contributed by atoms with E-state index in [9.17, 15) is 18.0 Å². The van der Waals surface area contributed by atoms with E-state index in [2.05, 4.69) is 4.98 Å². The van der Waals surface area contributed by atoms with Crippen LogP contribution in [0.2, 0.25) is 0 Å². The Labute approximate surface area is 200 Å². The number of anilines is 2. The third-order valence-corrected chi connectivity index (χ3v) is 6.28. The van der Waals surface area contributed by atoms with Crippen LogP contribution in [0.15, 0.2) is 12.1 Å². The Balaban J connectivity index is 0.00000204. The topological polar surface area (TPSA) is 58.6 Å². The Morgan fingerprint density at radius 3 is 2.26 bits per heavy atom. The Morgan fingerprint density at radius 2 is 1.71 bits per heavy atom. The first-order valence-corrected chi connectivity index (χ1v) is 10.8. The fraction of sp³-hybridized carbons (Fsp3) is 0.560. The summed E-state index contributed by atoms with van der Waals surface area (Å²) in [7, 11) is 1.86. The molecule has 6 nitrogen and oxygen atoms in total. The minimum absolute atomic E-state index is 0. The summed E-state index contributed by atoms with van der Waals surface area (Å²) >= 11 is 0. The zero-order valence-electron chi connectivity index (χ0n) is 18.8. The number of likely N-dealkylation sites (N-methyl/N-ethyl adjacent to an activating group) is 1. The molecule has 2 aliphatic rings. The van der Waals surface area contributed by atoms with Crippen molar-refractivity contribution in [3.8, 4) is 5.75 Å². The van der Waals surface area contributed by atoms with E-state index in [4.69, 9.17) is 9.72 Å². The Hall–Kier alpha value is -2.84. The monoisotopic (exact) mass is 480 g/mol. The second kappa shape index (κ2) is 10.2. The third kappa shape index (κ3) is 4.83. The number of hydrogen-bond acceptors (Lipinski definition) is 5. The minimum atomic E-state index is -1.50. The maximum Gasteiger partial charge on any atom is 0.249 e. The van der Waals surface area contributed by atoms with Gasteiger partial charge in [0, 0.05) is 31.6 Å². The lowest BCUT2D eigenvalue weighted by Crippen LogP contribution is -2.53. The molecule has 34 heavy (non-hydrogen) atoms. The molecule has 1 aromatic heterocycles. The molecule has 4 rings (SSSR count). The Bertz CT molecular complexity index is 1030. The van der Waals surface area contributed by atoms with E-state index in [-0.39, 0.29) is 50.6 Å². The second-order valence-electron chi connectivity index (χ2n) is 8.97. The molecule has 0 unspecified atom stereocenters. The first-order valence-electron chi connectivity index (χ1n) is 10.8. The average Bonchev–Trinajstić information content (AvgIpc) is 2.69. The van der Waals surface area contributed by atoms with Gasteiger partial charge in [0.05, 0.1) is 11.8 Å². The number of halogens is 3. The summed E-state index contributed by atoms with van der Waals surface area (Å²) in [6.45, 7) is 7.70. The zero-order valence-corrected chi connectivity index (χ0v) is 18.8. The van der Waals surface area contributed by atoms with Crippen molar-refractivity contribution in [3.63, 3.8) is 0 Å². The highest BCUT2D eigenvalue weighted by Crippen LogP contribution is 2.39. The summed E-state index contributed by atoms with van der Waals surface area (Å²) in [4.78, 5) is 25.9. The number of fused-ring (bicyclic) bond motifs is 1. The van der Waals surface area contributed by atoms with Crippen molar-refractivity contribution in [2.24, 2.45) is 5.92 Å². The number of carbonyl (C=O) groups excluding carboxylic acids is 1. The first kappa shape index (κ1) is 27.4.